The third-order valence-electron chi connectivity index (χ3n) is 2.85. The van der Waals surface area contributed by atoms with Crippen molar-refractivity contribution >= 4 is 10.9 Å². The molecular weight excluding hydrogens is 184 g/mol. The Kier molecular flexibility index (Phi) is 2.04. The van der Waals surface area contributed by atoms with Crippen LogP contribution in [0.5, 0.6) is 0 Å². The Morgan fingerprint density at radius 1 is 1.27 bits per heavy atom. The highest BCUT2D eigenvalue weighted by molar-refractivity contribution is 5.85. The summed E-state index contributed by atoms with van der Waals surface area (Å²) in [6.07, 6.45) is 2.05. The van der Waals surface area contributed by atoms with E-state index in [9.17, 15) is 0 Å². The molecule has 0 unspecified atom stereocenters. The lowest BCUT2D eigenvalue weighted by Crippen LogP contribution is -2.13. The highest BCUT2D eigenvalue weighted by atomic mass is 14.9. The molecule has 0 saturated heterocycles. The van der Waals surface area contributed by atoms with Crippen LogP contribution in [-0.4, -0.2) is 4.57 Å². The van der Waals surface area contributed by atoms with Gasteiger partial charge in [0.05, 0.1) is 11.5 Å². The summed E-state index contributed by atoms with van der Waals surface area (Å²) < 4.78 is 2.07. The minimum absolute atomic E-state index is 0.430. The molecule has 1 aromatic carbocycles. The predicted octanol–water partition coefficient (Wildman–Crippen LogP) is 2.98. The summed E-state index contributed by atoms with van der Waals surface area (Å²) in [5.74, 6) is 0. The second-order valence-corrected chi connectivity index (χ2v) is 4.41. The lowest BCUT2D eigenvalue weighted by molar-refractivity contribution is 0.689. The van der Waals surface area contributed by atoms with Crippen LogP contribution in [0.3, 0.4) is 0 Å². The van der Waals surface area contributed by atoms with E-state index >= 15 is 0 Å². The Morgan fingerprint density at radius 2 is 1.93 bits per heavy atom. The molecule has 0 fully saturated rings. The molecule has 2 rings (SSSR count). The number of para-hydroxylation sites is 1. The van der Waals surface area contributed by atoms with Crippen LogP contribution in [0.1, 0.15) is 19.4 Å². The molecule has 2 aromatic rings. The zero-order chi connectivity index (χ0) is 11.1. The minimum Gasteiger partial charge on any atom is -0.350 e. The summed E-state index contributed by atoms with van der Waals surface area (Å²) in [6, 6.07) is 10.5. The number of nitriles is 1. The molecule has 0 N–H and O–H groups in total. The van der Waals surface area contributed by atoms with Gasteiger partial charge < -0.3 is 4.57 Å². The van der Waals surface area contributed by atoms with Crippen LogP contribution in [0.25, 0.3) is 10.9 Å². The van der Waals surface area contributed by atoms with Gasteiger partial charge in [-0.3, -0.25) is 0 Å². The topological polar surface area (TPSA) is 28.7 Å². The number of fused-ring (bicyclic) bond motifs is 1. The molecule has 0 radical (unpaired) electrons. The van der Waals surface area contributed by atoms with Gasteiger partial charge in [0.2, 0.25) is 0 Å². The van der Waals surface area contributed by atoms with Crippen molar-refractivity contribution in [1.29, 1.82) is 5.26 Å². The zero-order valence-corrected chi connectivity index (χ0v) is 9.28. The smallest absolute Gasteiger partial charge is 0.0787 e. The van der Waals surface area contributed by atoms with Gasteiger partial charge in [-0.25, -0.2) is 0 Å². The second kappa shape index (κ2) is 3.13. The maximum absolute atomic E-state index is 9.16. The predicted molar refractivity (Wildman–Crippen MR) is 61.6 cm³/mol. The molecule has 0 amide bonds. The molecule has 1 aromatic heterocycles. The Bertz CT molecular complexity index is 541. The number of aryl methyl sites for hydroxylation is 1. The van der Waals surface area contributed by atoms with E-state index in [0.29, 0.717) is 0 Å². The molecular formula is C13H14N2. The summed E-state index contributed by atoms with van der Waals surface area (Å²) in [5.41, 5.74) is 1.85. The Morgan fingerprint density at radius 3 is 2.60 bits per heavy atom. The van der Waals surface area contributed by atoms with Crippen LogP contribution in [0.15, 0.2) is 30.5 Å². The standard InChI is InChI=1S/C13H14N2/c1-13(2,9-14)11-8-15(3)12-7-5-4-6-10(11)12/h4-8H,1-3H3. The van der Waals surface area contributed by atoms with E-state index in [1.807, 2.05) is 39.2 Å². The fraction of sp³-hybridized carbons (Fsp3) is 0.308. The fourth-order valence-corrected chi connectivity index (χ4v) is 1.90. The van der Waals surface area contributed by atoms with Gasteiger partial charge in [-0.1, -0.05) is 18.2 Å². The van der Waals surface area contributed by atoms with Crippen molar-refractivity contribution in [2.24, 2.45) is 7.05 Å². The van der Waals surface area contributed by atoms with Gasteiger partial charge in [-0.2, -0.15) is 5.26 Å². The van der Waals surface area contributed by atoms with Gasteiger partial charge in [-0.05, 0) is 25.5 Å². The summed E-state index contributed by atoms with van der Waals surface area (Å²) >= 11 is 0. The van der Waals surface area contributed by atoms with Crippen molar-refractivity contribution in [3.8, 4) is 6.07 Å². The maximum Gasteiger partial charge on any atom is 0.0787 e. The third kappa shape index (κ3) is 1.41. The van der Waals surface area contributed by atoms with Crippen LogP contribution in [-0.2, 0) is 12.5 Å². The van der Waals surface area contributed by atoms with Crippen LogP contribution >= 0.6 is 0 Å². The van der Waals surface area contributed by atoms with Crippen LogP contribution in [0, 0.1) is 11.3 Å². The molecule has 0 atom stereocenters. The third-order valence-corrected chi connectivity index (χ3v) is 2.85. The van der Waals surface area contributed by atoms with E-state index in [1.165, 1.54) is 10.9 Å². The first-order valence-electron chi connectivity index (χ1n) is 5.02. The minimum atomic E-state index is -0.430. The van der Waals surface area contributed by atoms with E-state index < -0.39 is 5.41 Å². The highest BCUT2D eigenvalue weighted by Gasteiger charge is 2.23. The van der Waals surface area contributed by atoms with Gasteiger partial charge in [-0.15, -0.1) is 0 Å². The summed E-state index contributed by atoms with van der Waals surface area (Å²) in [4.78, 5) is 0. The molecule has 0 aliphatic carbocycles. The van der Waals surface area contributed by atoms with Crippen LogP contribution in [0.4, 0.5) is 0 Å². The van der Waals surface area contributed by atoms with E-state index in [1.54, 1.807) is 0 Å². The van der Waals surface area contributed by atoms with E-state index in [2.05, 4.69) is 22.8 Å². The molecule has 76 valence electrons. The molecule has 0 aliphatic heterocycles. The SMILES string of the molecule is Cn1cc(C(C)(C)C#N)c2ccccc21. The molecule has 2 heteroatoms. The first kappa shape index (κ1) is 9.79. The van der Waals surface area contributed by atoms with Crippen molar-refractivity contribution in [2.45, 2.75) is 19.3 Å². The average Bonchev–Trinajstić information content (AvgIpc) is 2.58. The normalized spacial score (nSPS) is 11.6. The van der Waals surface area contributed by atoms with Crippen molar-refractivity contribution in [1.82, 2.24) is 4.57 Å². The second-order valence-electron chi connectivity index (χ2n) is 4.41. The fourth-order valence-electron chi connectivity index (χ4n) is 1.90. The lowest BCUT2D eigenvalue weighted by atomic mass is 9.86. The molecule has 1 heterocycles. The maximum atomic E-state index is 9.16. The number of hydrogen-bond acceptors (Lipinski definition) is 1. The van der Waals surface area contributed by atoms with E-state index in [4.69, 9.17) is 5.26 Å². The monoisotopic (exact) mass is 198 g/mol. The highest BCUT2D eigenvalue weighted by Crippen LogP contribution is 2.30. The molecule has 0 aliphatic rings. The van der Waals surface area contributed by atoms with Gasteiger partial charge in [0.1, 0.15) is 0 Å². The number of nitrogens with zero attached hydrogens (tertiary/aromatic N) is 2. The first-order valence-corrected chi connectivity index (χ1v) is 5.02. The summed E-state index contributed by atoms with van der Waals surface area (Å²) in [6.45, 7) is 3.91. The van der Waals surface area contributed by atoms with Crippen LogP contribution in [0.2, 0.25) is 0 Å². The van der Waals surface area contributed by atoms with Gasteiger partial charge in [0, 0.05) is 24.1 Å². The molecule has 15 heavy (non-hydrogen) atoms. The van der Waals surface area contributed by atoms with Gasteiger partial charge >= 0.3 is 0 Å². The van der Waals surface area contributed by atoms with Crippen molar-refractivity contribution in [3.63, 3.8) is 0 Å². The van der Waals surface area contributed by atoms with Crippen LogP contribution < -0.4 is 0 Å². The molecule has 0 saturated carbocycles. The Labute approximate surface area is 89.7 Å². The quantitative estimate of drug-likeness (QED) is 0.692. The van der Waals surface area contributed by atoms with Crippen molar-refractivity contribution in [3.05, 3.63) is 36.0 Å². The zero-order valence-electron chi connectivity index (χ0n) is 9.28. The Hall–Kier alpha value is -1.75. The van der Waals surface area contributed by atoms with E-state index in [-0.39, 0.29) is 0 Å². The summed E-state index contributed by atoms with van der Waals surface area (Å²) in [5, 5.41) is 10.3. The molecule has 0 bridgehead atoms. The molecule has 0 spiro atoms. The number of aromatic nitrogens is 1. The first-order chi connectivity index (χ1) is 7.06. The number of hydrogen-bond donors (Lipinski definition) is 0. The average molecular weight is 198 g/mol. The lowest BCUT2D eigenvalue weighted by Gasteiger charge is -2.13. The van der Waals surface area contributed by atoms with Crippen molar-refractivity contribution < 1.29 is 0 Å². The number of benzene rings is 1. The van der Waals surface area contributed by atoms with Gasteiger partial charge in [0.15, 0.2) is 0 Å². The largest absolute Gasteiger partial charge is 0.350 e. The summed E-state index contributed by atoms with van der Waals surface area (Å²) in [7, 11) is 2.01. The molecule has 2 nitrogen and oxygen atoms in total. The number of rotatable bonds is 1. The Balaban J connectivity index is 2.80. The van der Waals surface area contributed by atoms with Gasteiger partial charge in [0.25, 0.3) is 0 Å². The van der Waals surface area contributed by atoms with Crippen molar-refractivity contribution in [2.75, 3.05) is 0 Å². The van der Waals surface area contributed by atoms with E-state index in [0.717, 1.165) is 5.56 Å².